The van der Waals surface area contributed by atoms with Crippen molar-refractivity contribution >= 4 is 29.9 Å². The van der Waals surface area contributed by atoms with Crippen molar-refractivity contribution < 1.29 is 19.8 Å². The lowest BCUT2D eigenvalue weighted by Gasteiger charge is -2.22. The zero-order chi connectivity index (χ0) is 17.9. The zero-order valence-electron chi connectivity index (χ0n) is 14.4. The van der Waals surface area contributed by atoms with Crippen molar-refractivity contribution in [3.8, 4) is 5.75 Å². The van der Waals surface area contributed by atoms with Crippen LogP contribution >= 0.6 is 12.4 Å². The maximum atomic E-state index is 12.1. The maximum Gasteiger partial charge on any atom is 0.322 e. The molecule has 9 heteroatoms. The van der Waals surface area contributed by atoms with E-state index in [2.05, 4.69) is 36.2 Å². The lowest BCUT2D eigenvalue weighted by Crippen LogP contribution is -2.30. The summed E-state index contributed by atoms with van der Waals surface area (Å²) in [4.78, 5) is 26.8. The fourth-order valence-electron chi connectivity index (χ4n) is 2.31. The first-order chi connectivity index (χ1) is 11.2. The fraction of sp³-hybridized carbons (Fsp3) is 0.500. The summed E-state index contributed by atoms with van der Waals surface area (Å²) in [7, 11) is 0. The maximum absolute atomic E-state index is 12.1. The standard InChI is InChI=1S/C16H22N4O4.ClH/c1-4-16(2,3)6-5-10-7-11(21)13(14-18-9-19-20(10)14)15(24)17-8-12(22)23;/h7,9,21H,4-6,8H2,1-3H3,(H,17,24)(H,22,23);1H. The topological polar surface area (TPSA) is 117 Å². The van der Waals surface area contributed by atoms with Crippen LogP contribution in [0.1, 0.15) is 49.7 Å². The van der Waals surface area contributed by atoms with E-state index in [0.29, 0.717) is 6.42 Å². The molecule has 0 unspecified atom stereocenters. The number of hydrogen-bond donors (Lipinski definition) is 3. The van der Waals surface area contributed by atoms with Gasteiger partial charge in [-0.3, -0.25) is 9.59 Å². The van der Waals surface area contributed by atoms with E-state index in [0.717, 1.165) is 18.5 Å². The average Bonchev–Trinajstić information content (AvgIpc) is 2.99. The van der Waals surface area contributed by atoms with Crippen LogP contribution in [0.25, 0.3) is 5.65 Å². The number of carboxylic acid groups (broad SMARTS) is 1. The summed E-state index contributed by atoms with van der Waals surface area (Å²) in [6.07, 6.45) is 3.89. The Morgan fingerprint density at radius 1 is 1.36 bits per heavy atom. The van der Waals surface area contributed by atoms with Gasteiger partial charge in [-0.2, -0.15) is 5.10 Å². The molecule has 0 aliphatic carbocycles. The van der Waals surface area contributed by atoms with Crippen molar-refractivity contribution in [1.82, 2.24) is 19.9 Å². The number of nitrogens with one attached hydrogen (secondary N) is 1. The molecule has 0 bridgehead atoms. The van der Waals surface area contributed by atoms with Crippen LogP contribution in [0.5, 0.6) is 5.75 Å². The van der Waals surface area contributed by atoms with Crippen molar-refractivity contribution in [2.75, 3.05) is 6.54 Å². The second kappa shape index (κ2) is 8.15. The molecule has 2 heterocycles. The predicted octanol–water partition coefficient (Wildman–Crippen LogP) is 2.04. The molecule has 2 rings (SSSR count). The lowest BCUT2D eigenvalue weighted by atomic mass is 9.84. The molecule has 0 radical (unpaired) electrons. The highest BCUT2D eigenvalue weighted by Gasteiger charge is 2.22. The van der Waals surface area contributed by atoms with Gasteiger partial charge in [-0.05, 0) is 18.3 Å². The number of hydrogen-bond acceptors (Lipinski definition) is 5. The first kappa shape index (κ1) is 20.7. The Bertz CT molecular complexity index is 773. The van der Waals surface area contributed by atoms with Gasteiger partial charge in [0.05, 0.1) is 0 Å². The van der Waals surface area contributed by atoms with Gasteiger partial charge in [0.1, 0.15) is 24.2 Å². The Labute approximate surface area is 151 Å². The van der Waals surface area contributed by atoms with Crippen LogP contribution in [0.3, 0.4) is 0 Å². The molecule has 3 N–H and O–H groups in total. The number of halogens is 1. The Kier molecular flexibility index (Phi) is 6.75. The van der Waals surface area contributed by atoms with Crippen LogP contribution in [-0.2, 0) is 11.2 Å². The van der Waals surface area contributed by atoms with E-state index in [9.17, 15) is 14.7 Å². The van der Waals surface area contributed by atoms with Crippen molar-refractivity contribution in [1.29, 1.82) is 0 Å². The number of carbonyl (C=O) groups excluding carboxylic acids is 1. The van der Waals surface area contributed by atoms with E-state index in [4.69, 9.17) is 5.11 Å². The van der Waals surface area contributed by atoms with Crippen LogP contribution in [0, 0.1) is 5.41 Å². The molecule has 2 aromatic heterocycles. The van der Waals surface area contributed by atoms with Gasteiger partial charge < -0.3 is 15.5 Å². The van der Waals surface area contributed by atoms with Gasteiger partial charge >= 0.3 is 5.97 Å². The number of aryl methyl sites for hydroxylation is 1. The summed E-state index contributed by atoms with van der Waals surface area (Å²) in [6.45, 7) is 5.92. The second-order valence-corrected chi connectivity index (χ2v) is 6.49. The Morgan fingerprint density at radius 2 is 2.04 bits per heavy atom. The van der Waals surface area contributed by atoms with Gasteiger partial charge in [-0.25, -0.2) is 9.50 Å². The van der Waals surface area contributed by atoms with Gasteiger partial charge in [-0.1, -0.05) is 27.2 Å². The molecule has 138 valence electrons. The van der Waals surface area contributed by atoms with Crippen molar-refractivity contribution in [3.05, 3.63) is 23.7 Å². The van der Waals surface area contributed by atoms with Crippen molar-refractivity contribution in [2.24, 2.45) is 5.41 Å². The molecule has 0 spiro atoms. The van der Waals surface area contributed by atoms with E-state index in [1.165, 1.54) is 16.9 Å². The van der Waals surface area contributed by atoms with Crippen LogP contribution < -0.4 is 5.32 Å². The van der Waals surface area contributed by atoms with E-state index in [1.807, 2.05) is 0 Å². The number of fused-ring (bicyclic) bond motifs is 1. The molecule has 0 aromatic carbocycles. The largest absolute Gasteiger partial charge is 0.507 e. The number of carbonyl (C=O) groups is 2. The van der Waals surface area contributed by atoms with Gasteiger partial charge in [0.2, 0.25) is 0 Å². The van der Waals surface area contributed by atoms with Crippen LogP contribution in [0.15, 0.2) is 12.4 Å². The van der Waals surface area contributed by atoms with E-state index >= 15 is 0 Å². The number of carboxylic acids is 1. The lowest BCUT2D eigenvalue weighted by molar-refractivity contribution is -0.135. The molecule has 0 atom stereocenters. The number of rotatable bonds is 7. The summed E-state index contributed by atoms with van der Waals surface area (Å²) in [5.41, 5.74) is 1.03. The Morgan fingerprint density at radius 3 is 2.64 bits per heavy atom. The van der Waals surface area contributed by atoms with Crippen LogP contribution in [0.4, 0.5) is 0 Å². The van der Waals surface area contributed by atoms with Crippen LogP contribution in [-0.4, -0.2) is 43.2 Å². The molecular formula is C16H23ClN4O4. The number of amides is 1. The highest BCUT2D eigenvalue weighted by atomic mass is 35.5. The number of aromatic nitrogens is 3. The van der Waals surface area contributed by atoms with E-state index in [-0.39, 0.29) is 34.8 Å². The molecular weight excluding hydrogens is 348 g/mol. The Hall–Kier alpha value is -2.35. The SMILES string of the molecule is CCC(C)(C)CCc1cc(O)c(C(=O)NCC(=O)O)c2ncnn12.Cl. The minimum Gasteiger partial charge on any atom is -0.507 e. The molecule has 1 amide bonds. The van der Waals surface area contributed by atoms with E-state index < -0.39 is 18.4 Å². The average molecular weight is 371 g/mol. The third-order valence-corrected chi connectivity index (χ3v) is 4.25. The van der Waals surface area contributed by atoms with Gasteiger partial charge in [0.15, 0.2) is 5.65 Å². The fourth-order valence-corrected chi connectivity index (χ4v) is 2.31. The summed E-state index contributed by atoms with van der Waals surface area (Å²) >= 11 is 0. The minimum absolute atomic E-state index is 0. The molecule has 25 heavy (non-hydrogen) atoms. The quantitative estimate of drug-likeness (QED) is 0.686. The molecule has 0 aliphatic heterocycles. The number of aliphatic carboxylic acids is 1. The molecule has 0 saturated carbocycles. The number of nitrogens with zero attached hydrogens (tertiary/aromatic N) is 3. The number of aromatic hydroxyl groups is 1. The third-order valence-electron chi connectivity index (χ3n) is 4.25. The summed E-state index contributed by atoms with van der Waals surface area (Å²) in [5, 5.41) is 25.2. The third kappa shape index (κ3) is 4.82. The molecule has 0 saturated heterocycles. The van der Waals surface area contributed by atoms with Gasteiger partial charge in [0.25, 0.3) is 5.91 Å². The highest BCUT2D eigenvalue weighted by Crippen LogP contribution is 2.29. The Balaban J connectivity index is 0.00000312. The van der Waals surface area contributed by atoms with Crippen LogP contribution in [0.2, 0.25) is 0 Å². The monoisotopic (exact) mass is 370 g/mol. The molecule has 0 fully saturated rings. The molecule has 2 aromatic rings. The molecule has 0 aliphatic rings. The van der Waals surface area contributed by atoms with Crippen molar-refractivity contribution in [3.63, 3.8) is 0 Å². The van der Waals surface area contributed by atoms with Gasteiger partial charge in [0, 0.05) is 11.8 Å². The summed E-state index contributed by atoms with van der Waals surface area (Å²) < 4.78 is 1.52. The number of pyridine rings is 1. The van der Waals surface area contributed by atoms with Gasteiger partial charge in [-0.15, -0.1) is 12.4 Å². The first-order valence-electron chi connectivity index (χ1n) is 7.79. The van der Waals surface area contributed by atoms with E-state index in [1.54, 1.807) is 0 Å². The highest BCUT2D eigenvalue weighted by molar-refractivity contribution is 6.03. The second-order valence-electron chi connectivity index (χ2n) is 6.49. The summed E-state index contributed by atoms with van der Waals surface area (Å²) in [6, 6.07) is 1.49. The van der Waals surface area contributed by atoms with Crippen molar-refractivity contribution in [2.45, 2.75) is 40.0 Å². The first-order valence-corrected chi connectivity index (χ1v) is 7.79. The minimum atomic E-state index is -1.17. The molecule has 8 nitrogen and oxygen atoms in total. The predicted molar refractivity (Wildman–Crippen MR) is 94.3 cm³/mol. The normalized spacial score (nSPS) is 11.2. The summed E-state index contributed by atoms with van der Waals surface area (Å²) in [5.74, 6) is -2.10. The smallest absolute Gasteiger partial charge is 0.322 e. The zero-order valence-corrected chi connectivity index (χ0v) is 15.3.